The molecule has 1 saturated heterocycles. The lowest BCUT2D eigenvalue weighted by molar-refractivity contribution is 0.0635. The minimum absolute atomic E-state index is 0.0413. The minimum atomic E-state index is -4.63. The molecule has 0 unspecified atom stereocenters. The largest absolute Gasteiger partial charge is 0.336 e. The zero-order valence-corrected chi connectivity index (χ0v) is 29.5. The van der Waals surface area contributed by atoms with E-state index in [1.807, 2.05) is 0 Å². The molecule has 2 aliphatic heterocycles. The molecular weight excluding hydrogens is 714 g/mol. The van der Waals surface area contributed by atoms with E-state index in [1.165, 1.54) is 41.2 Å². The smallest absolute Gasteiger partial charge is 0.269 e. The van der Waals surface area contributed by atoms with Gasteiger partial charge in [0.2, 0.25) is 0 Å². The monoisotopic (exact) mass is 746 g/mol. The normalized spacial score (nSPS) is 18.4. The first-order chi connectivity index (χ1) is 23.3. The Balaban J connectivity index is 1.44. The lowest BCUT2D eigenvalue weighted by Crippen LogP contribution is -2.50. The molecule has 0 spiro atoms. The van der Waals surface area contributed by atoms with E-state index in [-0.39, 0.29) is 17.1 Å². The van der Waals surface area contributed by atoms with Crippen molar-refractivity contribution < 1.29 is 26.0 Å². The summed E-state index contributed by atoms with van der Waals surface area (Å²) in [6, 6.07) is 18.8. The summed E-state index contributed by atoms with van der Waals surface area (Å²) in [6.07, 6.45) is 1.68. The minimum Gasteiger partial charge on any atom is -0.336 e. The maximum atomic E-state index is 15.2. The number of hydrogen-bond donors (Lipinski definition) is 0. The molecule has 1 fully saturated rings. The number of carbonyl (C=O) groups excluding carboxylic acids is 1. The zero-order chi connectivity index (χ0) is 35.1. The highest BCUT2D eigenvalue weighted by molar-refractivity contribution is 7.93. The number of anilines is 1. The van der Waals surface area contributed by atoms with Crippen LogP contribution in [0, 0.1) is 5.82 Å². The molecule has 0 aliphatic carbocycles. The van der Waals surface area contributed by atoms with Crippen LogP contribution < -0.4 is 9.86 Å². The van der Waals surface area contributed by atoms with E-state index in [0.717, 1.165) is 10.4 Å². The van der Waals surface area contributed by atoms with Gasteiger partial charge in [-0.3, -0.25) is 19.1 Å². The van der Waals surface area contributed by atoms with Gasteiger partial charge >= 0.3 is 0 Å². The molecule has 6 rings (SSSR count). The van der Waals surface area contributed by atoms with E-state index in [9.17, 15) is 26.4 Å². The van der Waals surface area contributed by atoms with E-state index < -0.39 is 54.1 Å². The van der Waals surface area contributed by atoms with E-state index in [2.05, 4.69) is 4.90 Å². The van der Waals surface area contributed by atoms with Gasteiger partial charge in [-0.1, -0.05) is 59.6 Å². The number of halogens is 3. The number of aromatic nitrogens is 1. The number of nitrogens with zero attached hydrogens (tertiary/aromatic N) is 4. The Hall–Kier alpha value is -3.75. The molecule has 0 N–H and O–H groups in total. The van der Waals surface area contributed by atoms with Crippen molar-refractivity contribution >= 4 is 54.8 Å². The van der Waals surface area contributed by atoms with E-state index in [4.69, 9.17) is 23.2 Å². The van der Waals surface area contributed by atoms with Crippen LogP contribution in [0.25, 0.3) is 0 Å². The number of rotatable bonds is 9. The number of amides is 1. The highest BCUT2D eigenvalue weighted by Crippen LogP contribution is 2.49. The van der Waals surface area contributed by atoms with Crippen molar-refractivity contribution in [3.63, 3.8) is 0 Å². The standard InChI is InChI=1S/C34H33Cl2FN4O6S2/c1-48(44,45)22-4-17-38-18-20-39(21-19-38)33(42)27-15-16-30-40(34(27)43)31(23-7-11-25(35)12-8-23)32(24-9-13-26(36)14-10-24)41(30)49(46,47)29-6-3-2-5-28(29)37/h2-3,5-16,31-32H,4,17-22H2,1H3/t31-,32+/m0/s1. The fourth-order valence-electron chi connectivity index (χ4n) is 6.46. The summed E-state index contributed by atoms with van der Waals surface area (Å²) in [4.78, 5) is 31.5. The third-order valence-electron chi connectivity index (χ3n) is 8.83. The molecule has 10 nitrogen and oxygen atoms in total. The fourth-order valence-corrected chi connectivity index (χ4v) is 9.08. The van der Waals surface area contributed by atoms with Crippen molar-refractivity contribution in [3.05, 3.63) is 128 Å². The first kappa shape index (κ1) is 35.1. The van der Waals surface area contributed by atoms with Gasteiger partial charge in [-0.05, 0) is 72.6 Å². The number of piperazine rings is 1. The second-order valence-electron chi connectivity index (χ2n) is 12.1. The number of sulfone groups is 1. The first-order valence-electron chi connectivity index (χ1n) is 15.5. The van der Waals surface area contributed by atoms with E-state index in [1.54, 1.807) is 53.4 Å². The molecule has 0 saturated carbocycles. The predicted molar refractivity (Wildman–Crippen MR) is 187 cm³/mol. The Bertz CT molecular complexity index is 2160. The van der Waals surface area contributed by atoms with E-state index >= 15 is 4.39 Å². The van der Waals surface area contributed by atoms with Crippen LogP contribution in [0.3, 0.4) is 0 Å². The molecule has 3 aromatic carbocycles. The van der Waals surface area contributed by atoms with Crippen molar-refractivity contribution in [3.8, 4) is 0 Å². The Morgan fingerprint density at radius 1 is 0.796 bits per heavy atom. The van der Waals surface area contributed by atoms with Gasteiger partial charge in [0.1, 0.15) is 31.9 Å². The van der Waals surface area contributed by atoms with Gasteiger partial charge in [0.15, 0.2) is 0 Å². The van der Waals surface area contributed by atoms with Gasteiger partial charge in [-0.2, -0.15) is 0 Å². The van der Waals surface area contributed by atoms with Crippen molar-refractivity contribution in [2.75, 3.05) is 49.0 Å². The molecule has 258 valence electrons. The van der Waals surface area contributed by atoms with Crippen LogP contribution in [-0.4, -0.2) is 81.8 Å². The average molecular weight is 748 g/mol. The third-order valence-corrected chi connectivity index (χ3v) is 12.2. The third kappa shape index (κ3) is 7.13. The lowest BCUT2D eigenvalue weighted by Gasteiger charge is -2.34. The van der Waals surface area contributed by atoms with Crippen molar-refractivity contribution in [1.29, 1.82) is 0 Å². The number of benzene rings is 3. The molecule has 15 heteroatoms. The van der Waals surface area contributed by atoms with Gasteiger partial charge in [0.05, 0.1) is 17.8 Å². The summed E-state index contributed by atoms with van der Waals surface area (Å²) in [6.45, 7) is 2.21. The zero-order valence-electron chi connectivity index (χ0n) is 26.4. The van der Waals surface area contributed by atoms with Crippen LogP contribution in [0.1, 0.15) is 40.0 Å². The Morgan fingerprint density at radius 2 is 1.37 bits per heavy atom. The molecular formula is C34H33Cl2FN4O6S2. The molecule has 1 aromatic heterocycles. The summed E-state index contributed by atoms with van der Waals surface area (Å²) in [5.74, 6) is -1.43. The molecule has 49 heavy (non-hydrogen) atoms. The lowest BCUT2D eigenvalue weighted by atomic mass is 9.94. The van der Waals surface area contributed by atoms with Crippen LogP contribution in [0.15, 0.2) is 94.6 Å². The number of pyridine rings is 1. The molecule has 2 atom stereocenters. The van der Waals surface area contributed by atoms with Crippen molar-refractivity contribution in [2.45, 2.75) is 23.4 Å². The highest BCUT2D eigenvalue weighted by Gasteiger charge is 2.48. The highest BCUT2D eigenvalue weighted by atomic mass is 35.5. The second-order valence-corrected chi connectivity index (χ2v) is 17.0. The topological polar surface area (TPSA) is 117 Å². The summed E-state index contributed by atoms with van der Waals surface area (Å²) < 4.78 is 69.4. The van der Waals surface area contributed by atoms with Crippen LogP contribution in [0.5, 0.6) is 0 Å². The summed E-state index contributed by atoms with van der Waals surface area (Å²) >= 11 is 12.4. The SMILES string of the molecule is CS(=O)(=O)CCCN1CCN(C(=O)c2ccc3n(c2=O)[C@@H](c2ccc(Cl)cc2)[C@@H](c2ccc(Cl)cc2)N3S(=O)(=O)c2ccccc2F)CC1. The fraction of sp³-hybridized carbons (Fsp3) is 0.294. The maximum absolute atomic E-state index is 15.2. The molecule has 3 heterocycles. The maximum Gasteiger partial charge on any atom is 0.269 e. The summed E-state index contributed by atoms with van der Waals surface area (Å²) in [5, 5.41) is 0.832. The summed E-state index contributed by atoms with van der Waals surface area (Å²) in [7, 11) is -7.71. The molecule has 2 aliphatic rings. The molecule has 1 amide bonds. The number of sulfonamides is 1. The molecule has 4 aromatic rings. The molecule has 0 radical (unpaired) electrons. The Kier molecular flexibility index (Phi) is 9.93. The molecule has 0 bridgehead atoms. The van der Waals surface area contributed by atoms with E-state index in [0.29, 0.717) is 60.3 Å². The van der Waals surface area contributed by atoms with Crippen LogP contribution in [0.4, 0.5) is 10.2 Å². The van der Waals surface area contributed by atoms with Crippen LogP contribution >= 0.6 is 23.2 Å². The summed E-state index contributed by atoms with van der Waals surface area (Å²) in [5.41, 5.74) is 0.162. The number of hydrogen-bond acceptors (Lipinski definition) is 7. The van der Waals surface area contributed by atoms with Gasteiger partial charge in [-0.25, -0.2) is 25.5 Å². The van der Waals surface area contributed by atoms with Gasteiger partial charge in [0.25, 0.3) is 21.5 Å². The van der Waals surface area contributed by atoms with Crippen molar-refractivity contribution in [1.82, 2.24) is 14.4 Å². The van der Waals surface area contributed by atoms with Gasteiger partial charge < -0.3 is 4.90 Å². The number of carbonyl (C=O) groups is 1. The first-order valence-corrected chi connectivity index (χ1v) is 19.8. The Labute approximate surface area is 294 Å². The quantitative estimate of drug-likeness (QED) is 0.236. The van der Waals surface area contributed by atoms with Crippen LogP contribution in [-0.2, 0) is 19.9 Å². The van der Waals surface area contributed by atoms with Gasteiger partial charge in [0, 0.05) is 42.5 Å². The van der Waals surface area contributed by atoms with Crippen molar-refractivity contribution in [2.24, 2.45) is 0 Å². The van der Waals surface area contributed by atoms with Crippen LogP contribution in [0.2, 0.25) is 10.0 Å². The second kappa shape index (κ2) is 13.9. The average Bonchev–Trinajstić information content (AvgIpc) is 3.42. The van der Waals surface area contributed by atoms with Gasteiger partial charge in [-0.15, -0.1) is 0 Å². The Morgan fingerprint density at radius 3 is 1.94 bits per heavy atom. The predicted octanol–water partition coefficient (Wildman–Crippen LogP) is 5.03. The number of fused-ring (bicyclic) bond motifs is 1.